The van der Waals surface area contributed by atoms with Crippen LogP contribution in [0, 0.1) is 41.5 Å². The molecule has 3 aromatic heterocycles. The van der Waals surface area contributed by atoms with Gasteiger partial charge in [0, 0.05) is 128 Å². The number of rotatable bonds is 33. The smallest absolute Gasteiger partial charge is 0.329 e. The maximum atomic E-state index is 13.1. The largest absolute Gasteiger partial charge is 0.497 e. The lowest BCUT2D eigenvalue weighted by Crippen LogP contribution is -2.33. The van der Waals surface area contributed by atoms with Crippen molar-refractivity contribution in [1.82, 2.24) is 57.9 Å². The molecule has 0 bridgehead atoms. The minimum Gasteiger partial charge on any atom is -0.497 e. The summed E-state index contributed by atoms with van der Waals surface area (Å²) < 4.78 is 113. The number of hydrogen-bond donors (Lipinski definition) is 2. The van der Waals surface area contributed by atoms with Crippen LogP contribution in [0.2, 0.25) is 0 Å². The molecule has 0 atom stereocenters. The summed E-state index contributed by atoms with van der Waals surface area (Å²) in [5.41, 5.74) is 12.8. The first-order chi connectivity index (χ1) is 51.9. The van der Waals surface area contributed by atoms with Crippen molar-refractivity contribution < 1.29 is 73.2 Å². The Bertz CT molecular complexity index is 4570. The van der Waals surface area contributed by atoms with E-state index in [4.69, 9.17) is 33.5 Å². The molecule has 2 N–H and O–H groups in total. The zero-order valence-electron chi connectivity index (χ0n) is 65.1. The van der Waals surface area contributed by atoms with Crippen LogP contribution >= 0.6 is 24.8 Å². The van der Waals surface area contributed by atoms with Crippen molar-refractivity contribution in [3.8, 4) is 50.6 Å². The van der Waals surface area contributed by atoms with E-state index in [0.29, 0.717) is 63.7 Å². The van der Waals surface area contributed by atoms with Gasteiger partial charge in [0.05, 0.1) is 55.8 Å². The van der Waals surface area contributed by atoms with E-state index in [1.807, 2.05) is 68.0 Å². The van der Waals surface area contributed by atoms with Crippen molar-refractivity contribution in [2.24, 2.45) is 0 Å². The first kappa shape index (κ1) is 93.9. The molecule has 33 heteroatoms. The number of ether oxygens (including phenoxy) is 6. The van der Waals surface area contributed by atoms with Crippen molar-refractivity contribution in [2.45, 2.75) is 75.9 Å². The van der Waals surface area contributed by atoms with Gasteiger partial charge >= 0.3 is 5.97 Å². The van der Waals surface area contributed by atoms with Gasteiger partial charge in [-0.1, -0.05) is 54.6 Å². The van der Waals surface area contributed by atoms with Crippen LogP contribution in [0.3, 0.4) is 0 Å². The molecule has 0 aliphatic heterocycles. The Morgan fingerprint density at radius 3 is 0.919 bits per heavy atom. The number of aliphatic carboxylic acids is 1. The Morgan fingerprint density at radius 1 is 0.396 bits per heavy atom. The average Bonchev–Trinajstić information content (AvgIpc) is 0.795. The Morgan fingerprint density at radius 2 is 0.658 bits per heavy atom. The van der Waals surface area contributed by atoms with E-state index in [1.165, 1.54) is 55.1 Å². The van der Waals surface area contributed by atoms with E-state index in [2.05, 4.69) is 59.5 Å². The normalized spacial score (nSPS) is 11.2. The predicted molar refractivity (Wildman–Crippen MR) is 430 cm³/mol. The SMILES string of the molecule is CNCc1cccc(-c2cncnc2)c1.COc1cc(C)c(S(=O)(=O)N(C)CCOCC(=O)N(C)Cc2cccc(-c3cncnc3)c2)c(C)c1.COc1cc(C)c(S(=O)(=O)N(C)CCOCC(=O)N(C)Cc2cccc(-c3cncnc3)c2)c(C)c1.COc1cc(C)c(S(=O)(=O)N(C)CCOCC(=O)O)c(C)c1.Cl.Cl. The van der Waals surface area contributed by atoms with Crippen molar-refractivity contribution in [3.05, 3.63) is 215 Å². The maximum absolute atomic E-state index is 13.1. The third-order valence-corrected chi connectivity index (χ3v) is 23.4. The molecule has 0 aliphatic rings. The number of aryl methyl sites for hydroxylation is 6. The molecular weight excluding hydrogens is 1530 g/mol. The first-order valence-electron chi connectivity index (χ1n) is 34.3. The molecule has 2 amide bonds. The van der Waals surface area contributed by atoms with Gasteiger partial charge in [-0.05, 0) is 170 Å². The number of hydrogen-bond acceptors (Lipinski definition) is 22. The molecule has 0 saturated heterocycles. The number of sulfonamides is 3. The van der Waals surface area contributed by atoms with E-state index in [9.17, 15) is 39.6 Å². The van der Waals surface area contributed by atoms with Crippen molar-refractivity contribution in [2.75, 3.05) is 123 Å². The zero-order chi connectivity index (χ0) is 80.0. The summed E-state index contributed by atoms with van der Waals surface area (Å²) in [6.45, 7) is 11.8. The van der Waals surface area contributed by atoms with Gasteiger partial charge in [-0.2, -0.15) is 12.9 Å². The Balaban J connectivity index is 0.000000325. The van der Waals surface area contributed by atoms with Gasteiger partial charge in [-0.3, -0.25) is 9.59 Å². The number of carbonyl (C=O) groups excluding carboxylic acids is 2. The Kier molecular flexibility index (Phi) is 38.7. The quantitative estimate of drug-likeness (QED) is 0.0361. The highest BCUT2D eigenvalue weighted by atomic mass is 35.5. The molecule has 111 heavy (non-hydrogen) atoms. The fraction of sp³-hybridized carbons (Fsp3) is 0.346. The van der Waals surface area contributed by atoms with E-state index >= 15 is 0 Å². The summed E-state index contributed by atoms with van der Waals surface area (Å²) in [5, 5.41) is 11.6. The molecule has 6 aromatic carbocycles. The number of aromatic nitrogens is 6. The maximum Gasteiger partial charge on any atom is 0.329 e. The molecule has 9 rings (SSSR count). The number of amides is 2. The summed E-state index contributed by atoms with van der Waals surface area (Å²) in [6.07, 6.45) is 15.1. The van der Waals surface area contributed by atoms with E-state index in [1.54, 1.807) is 147 Å². The zero-order valence-corrected chi connectivity index (χ0v) is 69.2. The third kappa shape index (κ3) is 28.0. The fourth-order valence-corrected chi connectivity index (χ4v) is 15.9. The molecule has 0 saturated carbocycles. The van der Waals surface area contributed by atoms with Crippen LogP contribution in [0.4, 0.5) is 0 Å². The lowest BCUT2D eigenvalue weighted by molar-refractivity contribution is -0.142. The van der Waals surface area contributed by atoms with Crippen LogP contribution in [0.15, 0.2) is 180 Å². The number of halogens is 2. The number of nitrogens with zero attached hydrogens (tertiary/aromatic N) is 11. The highest BCUT2D eigenvalue weighted by Gasteiger charge is 2.29. The number of nitrogens with one attached hydrogen (secondary N) is 1. The van der Waals surface area contributed by atoms with Crippen LogP contribution in [0.25, 0.3) is 33.4 Å². The Labute approximate surface area is 664 Å². The topological polar surface area (TPSA) is 335 Å². The molecule has 3 heterocycles. The minimum atomic E-state index is -3.72. The average molecular weight is 1630 g/mol. The van der Waals surface area contributed by atoms with Gasteiger partial charge in [0.15, 0.2) is 0 Å². The first-order valence-corrected chi connectivity index (χ1v) is 38.6. The molecule has 0 spiro atoms. The number of likely N-dealkylation sites (N-methyl/N-ethyl adjacent to an activating group) is 5. The fourth-order valence-electron chi connectivity index (χ4n) is 11.2. The second kappa shape index (κ2) is 45.7. The summed E-state index contributed by atoms with van der Waals surface area (Å²) in [4.78, 5) is 63.5. The van der Waals surface area contributed by atoms with Gasteiger partial charge in [-0.25, -0.2) is 60.0 Å². The molecule has 0 radical (unpaired) electrons. The number of carboxylic acid groups (broad SMARTS) is 1. The van der Waals surface area contributed by atoms with Crippen molar-refractivity contribution in [1.29, 1.82) is 0 Å². The van der Waals surface area contributed by atoms with Crippen LogP contribution < -0.4 is 19.5 Å². The number of carboxylic acids is 1. The number of methoxy groups -OCH3 is 3. The van der Waals surface area contributed by atoms with E-state index < -0.39 is 42.6 Å². The van der Waals surface area contributed by atoms with Gasteiger partial charge < -0.3 is 48.6 Å². The van der Waals surface area contributed by atoms with Crippen molar-refractivity contribution in [3.63, 3.8) is 0 Å². The Hall–Kier alpha value is -9.48. The summed E-state index contributed by atoms with van der Waals surface area (Å²) >= 11 is 0. The van der Waals surface area contributed by atoms with E-state index in [0.717, 1.165) is 55.4 Å². The molecule has 0 fully saturated rings. The molecule has 9 aromatic rings. The third-order valence-electron chi connectivity index (χ3n) is 16.9. The molecular formula is C78H100Cl2N12O16S3. The highest BCUT2D eigenvalue weighted by molar-refractivity contribution is 7.89. The van der Waals surface area contributed by atoms with Crippen LogP contribution in [-0.2, 0) is 78.3 Å². The van der Waals surface area contributed by atoms with Gasteiger partial charge in [0.25, 0.3) is 0 Å². The van der Waals surface area contributed by atoms with Gasteiger partial charge in [0.2, 0.25) is 41.9 Å². The van der Waals surface area contributed by atoms with Gasteiger partial charge in [0.1, 0.15) is 56.1 Å². The van der Waals surface area contributed by atoms with Gasteiger partial charge in [-0.15, -0.1) is 24.8 Å². The summed E-state index contributed by atoms with van der Waals surface area (Å²) in [7, 11) is 3.29. The van der Waals surface area contributed by atoms with Crippen LogP contribution in [-0.4, -0.2) is 224 Å². The minimum absolute atomic E-state index is 0. The standard InChI is InChI=1S/2C26H32N4O5S.C14H21NO6S.C12H13N3.2ClH/c2*1-19-11-24(34-5)12-20(2)26(19)36(32,33)30(4)9-10-35-17-25(31)29(3)16-21-7-6-8-22(13-21)23-14-27-18-28-15-23;1-10-7-12(20-4)8-11(2)14(10)22(18,19)15(3)5-6-21-9-13(16)17;1-13-6-10-3-2-4-11(5-10)12-7-14-9-15-8-12;;/h2*6-8,11-15,18H,9-10,16-17H2,1-5H3;7-8H,5-6,9H2,1-4H3,(H,16,17);2-5,7-9,13H,6H2,1H3;2*1H. The molecule has 28 nitrogen and oxygen atoms in total. The van der Waals surface area contributed by atoms with Crippen molar-refractivity contribution >= 4 is 72.7 Å². The highest BCUT2D eigenvalue weighted by Crippen LogP contribution is 2.31. The second-order valence-electron chi connectivity index (χ2n) is 25.3. The monoisotopic (exact) mass is 1630 g/mol. The molecule has 0 aliphatic carbocycles. The number of benzene rings is 6. The lowest BCUT2D eigenvalue weighted by atomic mass is 10.1. The predicted octanol–water partition coefficient (Wildman–Crippen LogP) is 9.87. The van der Waals surface area contributed by atoms with Crippen LogP contribution in [0.5, 0.6) is 17.2 Å². The number of carbonyl (C=O) groups is 3. The lowest BCUT2D eigenvalue weighted by Gasteiger charge is -2.21. The van der Waals surface area contributed by atoms with E-state index in [-0.39, 0.29) is 104 Å². The molecule has 600 valence electrons. The summed E-state index contributed by atoms with van der Waals surface area (Å²) in [6, 6.07) is 34.1. The summed E-state index contributed by atoms with van der Waals surface area (Å²) in [5.74, 6) is 0.331. The molecule has 0 unspecified atom stereocenters. The van der Waals surface area contributed by atoms with Crippen LogP contribution in [0.1, 0.15) is 50.1 Å². The second-order valence-corrected chi connectivity index (χ2v) is 31.3.